The molecule has 1 saturated carbocycles. The summed E-state index contributed by atoms with van der Waals surface area (Å²) in [4.78, 5) is 17.3. The van der Waals surface area contributed by atoms with E-state index in [1.54, 1.807) is 12.3 Å². The van der Waals surface area contributed by atoms with Crippen molar-refractivity contribution in [1.29, 1.82) is 0 Å². The number of carbonyl (C=O) groups is 1. The standard InChI is InChI=1S/C26H28F2N2O5/c1-32-22-11-18(12-23(35-26(27)28)25(22)21(31)10-16-2-3-16)20-14-29-24-13-19(4-7-30(20)24)34-15-17-5-8-33-9-6-17/h4,7,11-14,16-17,26H,2-3,5-6,8-10,15H2,1H3. The van der Waals surface area contributed by atoms with E-state index >= 15 is 0 Å². The number of imidazole rings is 1. The zero-order chi connectivity index (χ0) is 24.4. The van der Waals surface area contributed by atoms with Crippen LogP contribution in [0.15, 0.2) is 36.7 Å². The Kier molecular flexibility index (Phi) is 6.86. The van der Waals surface area contributed by atoms with Gasteiger partial charge in [-0.15, -0.1) is 0 Å². The second-order valence-electron chi connectivity index (χ2n) is 9.10. The molecule has 0 atom stereocenters. The van der Waals surface area contributed by atoms with Gasteiger partial charge in [-0.3, -0.25) is 9.20 Å². The number of pyridine rings is 1. The summed E-state index contributed by atoms with van der Waals surface area (Å²) in [7, 11) is 1.41. The number of carbonyl (C=O) groups excluding carboxylic acids is 1. The summed E-state index contributed by atoms with van der Waals surface area (Å²) in [6.07, 6.45) is 7.67. The Morgan fingerprint density at radius 1 is 1.14 bits per heavy atom. The van der Waals surface area contributed by atoms with E-state index in [0.29, 0.717) is 47.5 Å². The van der Waals surface area contributed by atoms with Gasteiger partial charge in [0.05, 0.1) is 25.6 Å². The maximum atomic E-state index is 13.2. The van der Waals surface area contributed by atoms with Gasteiger partial charge in [-0.05, 0) is 55.7 Å². The first-order valence-corrected chi connectivity index (χ1v) is 11.9. The molecule has 3 aromatic rings. The molecule has 0 bridgehead atoms. The van der Waals surface area contributed by atoms with Crippen LogP contribution in [0.4, 0.5) is 8.78 Å². The van der Waals surface area contributed by atoms with Gasteiger partial charge < -0.3 is 18.9 Å². The van der Waals surface area contributed by atoms with Crippen molar-refractivity contribution >= 4 is 11.4 Å². The second-order valence-corrected chi connectivity index (χ2v) is 9.10. The molecule has 1 saturated heterocycles. The molecular weight excluding hydrogens is 458 g/mol. The fourth-order valence-electron chi connectivity index (χ4n) is 4.44. The van der Waals surface area contributed by atoms with Crippen molar-refractivity contribution in [2.24, 2.45) is 11.8 Å². The minimum absolute atomic E-state index is 0.0565. The lowest BCUT2D eigenvalue weighted by molar-refractivity contribution is -0.0502. The number of fused-ring (bicyclic) bond motifs is 1. The molecule has 5 rings (SSSR count). The van der Waals surface area contributed by atoms with Crippen LogP contribution >= 0.6 is 0 Å². The minimum Gasteiger partial charge on any atom is -0.496 e. The highest BCUT2D eigenvalue weighted by Crippen LogP contribution is 2.40. The number of ketones is 1. The predicted octanol–water partition coefficient (Wildman–Crippen LogP) is 5.40. The van der Waals surface area contributed by atoms with Crippen LogP contribution in [0.1, 0.15) is 42.5 Å². The smallest absolute Gasteiger partial charge is 0.387 e. The molecule has 3 heterocycles. The summed E-state index contributed by atoms with van der Waals surface area (Å²) in [5.74, 6) is 1.24. The average Bonchev–Trinajstić information content (AvgIpc) is 3.57. The summed E-state index contributed by atoms with van der Waals surface area (Å²) in [6.45, 7) is -0.917. The highest BCUT2D eigenvalue weighted by Gasteiger charge is 2.30. The summed E-state index contributed by atoms with van der Waals surface area (Å²) < 4.78 is 49.9. The molecule has 7 nitrogen and oxygen atoms in total. The van der Waals surface area contributed by atoms with Crippen LogP contribution in [-0.2, 0) is 4.74 Å². The quantitative estimate of drug-likeness (QED) is 0.358. The van der Waals surface area contributed by atoms with Gasteiger partial charge in [0.25, 0.3) is 0 Å². The van der Waals surface area contributed by atoms with Gasteiger partial charge >= 0.3 is 6.61 Å². The maximum absolute atomic E-state index is 13.2. The first-order chi connectivity index (χ1) is 17.0. The molecule has 2 fully saturated rings. The van der Waals surface area contributed by atoms with Gasteiger partial charge in [0.2, 0.25) is 0 Å². The van der Waals surface area contributed by atoms with Crippen LogP contribution in [0.2, 0.25) is 0 Å². The normalized spacial score (nSPS) is 16.6. The fourth-order valence-corrected chi connectivity index (χ4v) is 4.44. The molecule has 1 aliphatic heterocycles. The summed E-state index contributed by atoms with van der Waals surface area (Å²) in [5, 5.41) is 0. The van der Waals surface area contributed by atoms with E-state index in [4.69, 9.17) is 18.9 Å². The third-order valence-corrected chi connectivity index (χ3v) is 6.56. The largest absolute Gasteiger partial charge is 0.496 e. The van der Waals surface area contributed by atoms with Gasteiger partial charge in [-0.25, -0.2) is 4.98 Å². The number of methoxy groups -OCH3 is 1. The third kappa shape index (κ3) is 5.40. The Bertz CT molecular complexity index is 1200. The van der Waals surface area contributed by atoms with Crippen molar-refractivity contribution in [3.8, 4) is 28.5 Å². The summed E-state index contributed by atoms with van der Waals surface area (Å²) in [6, 6.07) is 6.80. The highest BCUT2D eigenvalue weighted by molar-refractivity contribution is 6.02. The number of aromatic nitrogens is 2. The first-order valence-electron chi connectivity index (χ1n) is 11.9. The van der Waals surface area contributed by atoms with Gasteiger partial charge in [-0.1, -0.05) is 0 Å². The molecule has 0 spiro atoms. The molecule has 0 unspecified atom stereocenters. The Hall–Kier alpha value is -3.20. The number of benzene rings is 1. The van der Waals surface area contributed by atoms with E-state index < -0.39 is 6.61 Å². The van der Waals surface area contributed by atoms with Crippen LogP contribution in [-0.4, -0.2) is 48.7 Å². The Morgan fingerprint density at radius 3 is 2.63 bits per heavy atom. The first kappa shape index (κ1) is 23.5. The van der Waals surface area contributed by atoms with E-state index in [0.717, 1.165) is 38.9 Å². The van der Waals surface area contributed by atoms with Gasteiger partial charge in [0, 0.05) is 37.5 Å². The van der Waals surface area contributed by atoms with Crippen molar-refractivity contribution in [2.75, 3.05) is 26.9 Å². The SMILES string of the molecule is COc1cc(-c2cnc3cc(OCC4CCOCC4)ccn23)cc(OC(F)F)c1C(=O)CC1CC1. The van der Waals surface area contributed by atoms with Crippen LogP contribution in [0.25, 0.3) is 16.9 Å². The summed E-state index contributed by atoms with van der Waals surface area (Å²) in [5.41, 5.74) is 1.90. The van der Waals surface area contributed by atoms with Crippen molar-refractivity contribution in [2.45, 2.75) is 38.7 Å². The lowest BCUT2D eigenvalue weighted by Crippen LogP contribution is -2.21. The zero-order valence-electron chi connectivity index (χ0n) is 19.5. The summed E-state index contributed by atoms with van der Waals surface area (Å²) >= 11 is 0. The van der Waals surface area contributed by atoms with Crippen LogP contribution < -0.4 is 14.2 Å². The number of hydrogen-bond acceptors (Lipinski definition) is 6. The average molecular weight is 487 g/mol. The lowest BCUT2D eigenvalue weighted by atomic mass is 10.00. The van der Waals surface area contributed by atoms with Crippen molar-refractivity contribution < 1.29 is 32.5 Å². The molecule has 35 heavy (non-hydrogen) atoms. The van der Waals surface area contributed by atoms with Gasteiger partial charge in [-0.2, -0.15) is 8.78 Å². The Morgan fingerprint density at radius 2 is 1.91 bits per heavy atom. The topological polar surface area (TPSA) is 71.3 Å². The predicted molar refractivity (Wildman–Crippen MR) is 125 cm³/mol. The Labute approximate surface area is 202 Å². The van der Waals surface area contributed by atoms with E-state index in [1.165, 1.54) is 13.2 Å². The van der Waals surface area contributed by atoms with Crippen LogP contribution in [0.3, 0.4) is 0 Å². The Balaban J connectivity index is 1.44. The van der Waals surface area contributed by atoms with E-state index in [2.05, 4.69) is 4.98 Å². The van der Waals surface area contributed by atoms with Crippen LogP contribution in [0, 0.1) is 11.8 Å². The van der Waals surface area contributed by atoms with Crippen molar-refractivity contribution in [3.63, 3.8) is 0 Å². The third-order valence-electron chi connectivity index (χ3n) is 6.56. The van der Waals surface area contributed by atoms with E-state index in [9.17, 15) is 13.6 Å². The molecule has 1 aromatic carbocycles. The minimum atomic E-state index is -3.07. The van der Waals surface area contributed by atoms with E-state index in [-0.39, 0.29) is 22.8 Å². The molecule has 9 heteroatoms. The monoisotopic (exact) mass is 486 g/mol. The van der Waals surface area contributed by atoms with Crippen molar-refractivity contribution in [1.82, 2.24) is 9.38 Å². The zero-order valence-corrected chi connectivity index (χ0v) is 19.5. The number of halogens is 2. The second kappa shape index (κ2) is 10.2. The fraction of sp³-hybridized carbons (Fsp3) is 0.462. The van der Waals surface area contributed by atoms with E-state index in [1.807, 2.05) is 22.7 Å². The van der Waals surface area contributed by atoms with Crippen LogP contribution in [0.5, 0.6) is 17.2 Å². The molecule has 0 radical (unpaired) electrons. The molecule has 2 aromatic heterocycles. The molecule has 2 aliphatic rings. The number of Topliss-reactive ketones (excluding diaryl/α,β-unsaturated/α-hetero) is 1. The number of rotatable bonds is 10. The highest BCUT2D eigenvalue weighted by atomic mass is 19.3. The lowest BCUT2D eigenvalue weighted by Gasteiger charge is -2.22. The van der Waals surface area contributed by atoms with Crippen molar-refractivity contribution in [3.05, 3.63) is 42.2 Å². The van der Waals surface area contributed by atoms with Gasteiger partial charge in [0.15, 0.2) is 5.78 Å². The molecule has 0 amide bonds. The molecular formula is C26H28F2N2O5. The maximum Gasteiger partial charge on any atom is 0.387 e. The number of alkyl halides is 2. The number of ether oxygens (including phenoxy) is 4. The number of hydrogen-bond donors (Lipinski definition) is 0. The molecule has 1 aliphatic carbocycles. The molecule has 186 valence electrons. The molecule has 0 N–H and O–H groups in total. The number of nitrogens with zero attached hydrogens (tertiary/aromatic N) is 2. The van der Waals surface area contributed by atoms with Gasteiger partial charge in [0.1, 0.15) is 28.5 Å².